The molecule has 0 bridgehead atoms. The normalized spacial score (nSPS) is 18.8. The third kappa shape index (κ3) is 5.17. The Kier molecular flexibility index (Phi) is 6.89. The third-order valence-electron chi connectivity index (χ3n) is 7.14. The van der Waals surface area contributed by atoms with E-state index >= 15 is 0 Å². The molecule has 7 nitrogen and oxygen atoms in total. The first kappa shape index (κ1) is 25.5. The molecule has 10 heteroatoms. The van der Waals surface area contributed by atoms with Crippen molar-refractivity contribution in [3.8, 4) is 0 Å². The zero-order valence-electron chi connectivity index (χ0n) is 21.3. The molecule has 0 spiro atoms. The van der Waals surface area contributed by atoms with Gasteiger partial charge in [0.25, 0.3) is 0 Å². The molecule has 3 N–H and O–H groups in total. The minimum Gasteiger partial charge on any atom is -0.399 e. The monoisotopic (exact) mass is 515 g/mol. The van der Waals surface area contributed by atoms with Gasteiger partial charge in [0.15, 0.2) is 0 Å². The van der Waals surface area contributed by atoms with Crippen LogP contribution >= 0.6 is 0 Å². The Morgan fingerprint density at radius 3 is 2.73 bits per heavy atom. The molecule has 2 aromatic carbocycles. The number of rotatable bonds is 6. The standard InChI is InChI=1S/C27H32F3N5O2/c1-15(17-9-18(27(28,29)30)11-19(31)10-17)32-26-23-12-24(35-7-8-37-20(13-35)14-36-3)21-5-4-6-22(21)25(23)33-16(2)34-26/h9-12,15,20H,4-8,13-14,31H2,1-3H3,(H,32,33,34)/t15?,20-/m1/s1. The molecular formula is C27H32F3N5O2. The number of nitrogen functional groups attached to an aromatic ring is 1. The van der Waals surface area contributed by atoms with Crippen molar-refractivity contribution in [1.29, 1.82) is 0 Å². The molecule has 1 aliphatic heterocycles. The highest BCUT2D eigenvalue weighted by molar-refractivity contribution is 5.96. The van der Waals surface area contributed by atoms with Gasteiger partial charge in [-0.3, -0.25) is 0 Å². The summed E-state index contributed by atoms with van der Waals surface area (Å²) < 4.78 is 51.4. The van der Waals surface area contributed by atoms with Gasteiger partial charge < -0.3 is 25.4 Å². The van der Waals surface area contributed by atoms with Crippen molar-refractivity contribution in [2.45, 2.75) is 51.4 Å². The largest absolute Gasteiger partial charge is 0.416 e. The number of hydrogen-bond donors (Lipinski definition) is 2. The first-order valence-electron chi connectivity index (χ1n) is 12.6. The van der Waals surface area contributed by atoms with E-state index in [-0.39, 0.29) is 11.8 Å². The minimum atomic E-state index is -4.48. The van der Waals surface area contributed by atoms with Crippen LogP contribution in [0, 0.1) is 6.92 Å². The van der Waals surface area contributed by atoms with Crippen LogP contribution in [-0.2, 0) is 28.5 Å². The second-order valence-electron chi connectivity index (χ2n) is 9.87. The fourth-order valence-electron chi connectivity index (χ4n) is 5.46. The van der Waals surface area contributed by atoms with E-state index in [9.17, 15) is 13.2 Å². The maximum Gasteiger partial charge on any atom is 0.416 e. The molecule has 2 atom stereocenters. The molecule has 37 heavy (non-hydrogen) atoms. The van der Waals surface area contributed by atoms with E-state index in [0.29, 0.717) is 30.4 Å². The van der Waals surface area contributed by atoms with Crippen LogP contribution < -0.4 is 16.0 Å². The molecule has 1 unspecified atom stereocenters. The summed E-state index contributed by atoms with van der Waals surface area (Å²) in [6.07, 6.45) is -1.51. The molecule has 2 heterocycles. The second kappa shape index (κ2) is 9.98. The lowest BCUT2D eigenvalue weighted by atomic mass is 10.0. The van der Waals surface area contributed by atoms with Gasteiger partial charge in [-0.2, -0.15) is 13.2 Å². The molecule has 0 saturated carbocycles. The second-order valence-corrected chi connectivity index (χ2v) is 9.87. The summed E-state index contributed by atoms with van der Waals surface area (Å²) in [5, 5.41) is 4.22. The Hall–Kier alpha value is -3.11. The first-order valence-corrected chi connectivity index (χ1v) is 12.6. The fourth-order valence-corrected chi connectivity index (χ4v) is 5.46. The summed E-state index contributed by atoms with van der Waals surface area (Å²) in [4.78, 5) is 11.8. The number of aromatic nitrogens is 2. The molecule has 3 aromatic rings. The summed E-state index contributed by atoms with van der Waals surface area (Å²) in [5.41, 5.74) is 10.2. The summed E-state index contributed by atoms with van der Waals surface area (Å²) in [6.45, 7) is 6.28. The van der Waals surface area contributed by atoms with E-state index < -0.39 is 17.8 Å². The van der Waals surface area contributed by atoms with Crippen molar-refractivity contribution >= 4 is 28.1 Å². The van der Waals surface area contributed by atoms with Gasteiger partial charge in [0, 0.05) is 37.0 Å². The number of anilines is 3. The lowest BCUT2D eigenvalue weighted by Gasteiger charge is -2.35. The lowest BCUT2D eigenvalue weighted by molar-refractivity contribution is -0.137. The van der Waals surface area contributed by atoms with Crippen LogP contribution in [0.4, 0.5) is 30.4 Å². The number of fused-ring (bicyclic) bond motifs is 3. The number of methoxy groups -OCH3 is 1. The average molecular weight is 516 g/mol. The van der Waals surface area contributed by atoms with Crippen molar-refractivity contribution in [3.05, 3.63) is 52.3 Å². The van der Waals surface area contributed by atoms with E-state index in [0.717, 1.165) is 61.1 Å². The Balaban J connectivity index is 1.56. The summed E-state index contributed by atoms with van der Waals surface area (Å²) >= 11 is 0. The number of nitrogens with one attached hydrogen (secondary N) is 1. The van der Waals surface area contributed by atoms with Crippen LogP contribution in [0.1, 0.15) is 47.5 Å². The van der Waals surface area contributed by atoms with Crippen molar-refractivity contribution in [3.63, 3.8) is 0 Å². The maximum atomic E-state index is 13.4. The molecule has 1 saturated heterocycles. The van der Waals surface area contributed by atoms with Crippen molar-refractivity contribution < 1.29 is 22.6 Å². The predicted molar refractivity (Wildman–Crippen MR) is 138 cm³/mol. The molecule has 0 radical (unpaired) electrons. The van der Waals surface area contributed by atoms with Gasteiger partial charge in [-0.25, -0.2) is 9.97 Å². The smallest absolute Gasteiger partial charge is 0.399 e. The molecule has 1 fully saturated rings. The SMILES string of the molecule is COC[C@H]1CN(c2cc3c(NC(C)c4cc(N)cc(C(F)(F)F)c4)nc(C)nc3c3c2CCC3)CCO1. The quantitative estimate of drug-likeness (QED) is 0.444. The highest BCUT2D eigenvalue weighted by atomic mass is 19.4. The highest BCUT2D eigenvalue weighted by Crippen LogP contribution is 2.40. The Labute approximate surface area is 214 Å². The number of alkyl halides is 3. The van der Waals surface area contributed by atoms with Gasteiger partial charge >= 0.3 is 6.18 Å². The van der Waals surface area contributed by atoms with Crippen molar-refractivity contribution in [1.82, 2.24) is 9.97 Å². The molecular weight excluding hydrogens is 483 g/mol. The summed E-state index contributed by atoms with van der Waals surface area (Å²) in [6, 6.07) is 5.32. The van der Waals surface area contributed by atoms with Gasteiger partial charge in [-0.05, 0) is 74.1 Å². The zero-order valence-corrected chi connectivity index (χ0v) is 21.3. The number of hydrogen-bond acceptors (Lipinski definition) is 7. The number of morpholine rings is 1. The first-order chi connectivity index (χ1) is 17.6. The van der Waals surface area contributed by atoms with E-state index in [1.165, 1.54) is 11.1 Å². The number of nitrogens with two attached hydrogens (primary N) is 1. The van der Waals surface area contributed by atoms with Crippen LogP contribution in [0.3, 0.4) is 0 Å². The minimum absolute atomic E-state index is 0.00949. The van der Waals surface area contributed by atoms with Crippen molar-refractivity contribution in [2.24, 2.45) is 0 Å². The molecule has 198 valence electrons. The average Bonchev–Trinajstić information content (AvgIpc) is 3.33. The molecule has 1 aromatic heterocycles. The van der Waals surface area contributed by atoms with Crippen LogP contribution in [0.25, 0.3) is 10.9 Å². The maximum absolute atomic E-state index is 13.4. The molecule has 1 aliphatic carbocycles. The van der Waals surface area contributed by atoms with Crippen LogP contribution in [0.2, 0.25) is 0 Å². The molecule has 5 rings (SSSR count). The van der Waals surface area contributed by atoms with E-state index in [4.69, 9.17) is 20.2 Å². The van der Waals surface area contributed by atoms with Gasteiger partial charge in [0.1, 0.15) is 11.6 Å². The third-order valence-corrected chi connectivity index (χ3v) is 7.14. The van der Waals surface area contributed by atoms with E-state index in [2.05, 4.69) is 21.3 Å². The molecule has 2 aliphatic rings. The van der Waals surface area contributed by atoms with Gasteiger partial charge in [-0.1, -0.05) is 0 Å². The van der Waals surface area contributed by atoms with E-state index in [1.807, 2.05) is 13.8 Å². The Morgan fingerprint density at radius 2 is 1.97 bits per heavy atom. The van der Waals surface area contributed by atoms with Crippen molar-refractivity contribution in [2.75, 3.05) is 49.4 Å². The van der Waals surface area contributed by atoms with Crippen LogP contribution in [0.5, 0.6) is 0 Å². The number of benzene rings is 2. The Bertz CT molecular complexity index is 1310. The van der Waals surface area contributed by atoms with Crippen LogP contribution in [0.15, 0.2) is 24.3 Å². The fraction of sp³-hybridized carbons (Fsp3) is 0.481. The summed E-state index contributed by atoms with van der Waals surface area (Å²) in [7, 11) is 1.67. The Morgan fingerprint density at radius 1 is 1.19 bits per heavy atom. The number of nitrogens with zero attached hydrogens (tertiary/aromatic N) is 3. The molecule has 0 amide bonds. The van der Waals surface area contributed by atoms with Gasteiger partial charge in [0.05, 0.1) is 36.4 Å². The number of halogens is 3. The van der Waals surface area contributed by atoms with E-state index in [1.54, 1.807) is 13.2 Å². The predicted octanol–water partition coefficient (Wildman–Crippen LogP) is 5.05. The summed E-state index contributed by atoms with van der Waals surface area (Å²) in [5.74, 6) is 1.21. The zero-order chi connectivity index (χ0) is 26.3. The number of ether oxygens (including phenoxy) is 2. The van der Waals surface area contributed by atoms with Gasteiger partial charge in [0.2, 0.25) is 0 Å². The van der Waals surface area contributed by atoms with Crippen LogP contribution in [-0.4, -0.2) is 49.5 Å². The number of aryl methyl sites for hydroxylation is 2. The highest BCUT2D eigenvalue weighted by Gasteiger charge is 2.32. The topological polar surface area (TPSA) is 85.5 Å². The lowest BCUT2D eigenvalue weighted by Crippen LogP contribution is -2.44. The van der Waals surface area contributed by atoms with Gasteiger partial charge in [-0.15, -0.1) is 0 Å².